The van der Waals surface area contributed by atoms with E-state index in [0.717, 1.165) is 40.9 Å². The number of amides is 1. The number of aliphatic carboxylic acids is 2. The number of carbonyl (C=O) groups excluding carboxylic acids is 1. The lowest BCUT2D eigenvalue weighted by molar-refractivity contribution is -0.165. The Balaban J connectivity index is 0.000000680. The standard InChI is InChI=1S/C36H36F4N6O2S.C4H6O6/c1-3-41-16-17-45(21-25-4-8-28(9-5-25)29-10-12-31(13-11-29)36(38,39)40)33(47)23-46-22-30(18-27-19-42-44(2)20-27)34(48)43-35(46)49-24-26-6-14-32(37)15-7-26;5-1(3(7)8)2(6)4(9)10/h4-15,19-20,22,41H,3,16-18,21,23-24H2,1-2H3;1-2,5-6H,(H,7,8)(H,9,10). The number of thioether (sulfide) groups is 1. The molecule has 0 saturated heterocycles. The lowest BCUT2D eigenvalue weighted by atomic mass is 10.0. The van der Waals surface area contributed by atoms with Crippen molar-refractivity contribution in [3.05, 3.63) is 135 Å². The number of carboxylic acid groups (broad SMARTS) is 2. The highest BCUT2D eigenvalue weighted by Crippen LogP contribution is 2.31. The third-order valence-electron chi connectivity index (χ3n) is 8.61. The molecule has 14 nitrogen and oxygen atoms in total. The number of nitrogens with one attached hydrogen (secondary N) is 1. The Morgan fingerprint density at radius 3 is 1.97 bits per heavy atom. The molecule has 0 aliphatic heterocycles. The highest BCUT2D eigenvalue weighted by molar-refractivity contribution is 7.98. The highest BCUT2D eigenvalue weighted by atomic mass is 32.2. The average Bonchev–Trinajstić information content (AvgIpc) is 3.62. The number of likely N-dealkylation sites (N-methyl/N-ethyl adjacent to an activating group) is 1. The fourth-order valence-electron chi connectivity index (χ4n) is 5.46. The van der Waals surface area contributed by atoms with Gasteiger partial charge in [0.15, 0.2) is 17.4 Å². The molecule has 59 heavy (non-hydrogen) atoms. The summed E-state index contributed by atoms with van der Waals surface area (Å²) in [6, 6.07) is 18.4. The number of hydrogen-bond acceptors (Lipinski definition) is 10. The summed E-state index contributed by atoms with van der Waals surface area (Å²) in [6.45, 7) is 3.91. The van der Waals surface area contributed by atoms with Crippen LogP contribution in [-0.2, 0) is 52.9 Å². The average molecular weight is 843 g/mol. The number of aliphatic hydroxyl groups is 2. The van der Waals surface area contributed by atoms with Crippen molar-refractivity contribution in [2.75, 3.05) is 19.6 Å². The van der Waals surface area contributed by atoms with Gasteiger partial charge >= 0.3 is 18.1 Å². The van der Waals surface area contributed by atoms with Crippen LogP contribution >= 0.6 is 11.8 Å². The molecule has 5 rings (SSSR count). The minimum absolute atomic E-state index is 0.0746. The number of carboxylic acids is 2. The Labute approximate surface area is 339 Å². The summed E-state index contributed by atoms with van der Waals surface area (Å²) in [6.07, 6.45) is -3.47. The number of halogens is 4. The molecule has 2 heterocycles. The highest BCUT2D eigenvalue weighted by Gasteiger charge is 2.30. The van der Waals surface area contributed by atoms with E-state index in [2.05, 4.69) is 15.4 Å². The molecule has 314 valence electrons. The largest absolute Gasteiger partial charge is 0.479 e. The van der Waals surface area contributed by atoms with Crippen LogP contribution in [0, 0.1) is 5.82 Å². The number of rotatable bonds is 17. The minimum atomic E-state index is -4.40. The van der Waals surface area contributed by atoms with Gasteiger partial charge in [-0.2, -0.15) is 23.3 Å². The molecule has 0 saturated carbocycles. The Morgan fingerprint density at radius 2 is 1.44 bits per heavy atom. The number of alkyl halides is 3. The summed E-state index contributed by atoms with van der Waals surface area (Å²) in [5, 5.41) is 40.3. The van der Waals surface area contributed by atoms with Crippen LogP contribution in [0.1, 0.15) is 34.7 Å². The summed E-state index contributed by atoms with van der Waals surface area (Å²) in [4.78, 5) is 52.7. The van der Waals surface area contributed by atoms with Gasteiger partial charge in [0.25, 0.3) is 5.56 Å². The summed E-state index contributed by atoms with van der Waals surface area (Å²) >= 11 is 1.29. The molecule has 5 aromatic rings. The molecule has 1 amide bonds. The number of nitrogens with zero attached hydrogens (tertiary/aromatic N) is 5. The van der Waals surface area contributed by atoms with Crippen LogP contribution in [0.4, 0.5) is 17.6 Å². The van der Waals surface area contributed by atoms with E-state index in [9.17, 15) is 36.7 Å². The molecular weight excluding hydrogens is 801 g/mol. The molecule has 0 aliphatic rings. The van der Waals surface area contributed by atoms with Crippen molar-refractivity contribution in [2.45, 2.75) is 55.7 Å². The summed E-state index contributed by atoms with van der Waals surface area (Å²) in [7, 11) is 1.79. The Kier molecular flexibility index (Phi) is 16.5. The van der Waals surface area contributed by atoms with E-state index < -0.39 is 41.4 Å². The zero-order valence-corrected chi connectivity index (χ0v) is 32.7. The smallest absolute Gasteiger partial charge is 0.416 e. The van der Waals surface area contributed by atoms with Crippen molar-refractivity contribution < 1.29 is 52.4 Å². The topological polar surface area (TPSA) is 200 Å². The molecular formula is C40H42F4N6O8S. The van der Waals surface area contributed by atoms with Crippen LogP contribution in [-0.4, -0.2) is 94.3 Å². The van der Waals surface area contributed by atoms with E-state index in [0.29, 0.717) is 48.1 Å². The van der Waals surface area contributed by atoms with Crippen LogP contribution in [0.25, 0.3) is 11.1 Å². The summed E-state index contributed by atoms with van der Waals surface area (Å²) < 4.78 is 55.8. The number of aromatic nitrogens is 4. The second-order valence-corrected chi connectivity index (χ2v) is 14.0. The zero-order valence-electron chi connectivity index (χ0n) is 31.8. The van der Waals surface area contributed by atoms with E-state index in [4.69, 9.17) is 20.4 Å². The minimum Gasteiger partial charge on any atom is -0.479 e. The van der Waals surface area contributed by atoms with E-state index in [1.807, 2.05) is 37.4 Å². The van der Waals surface area contributed by atoms with E-state index in [-0.39, 0.29) is 18.3 Å². The second kappa shape index (κ2) is 21.2. The first-order chi connectivity index (χ1) is 27.9. The molecule has 0 aliphatic carbocycles. The lowest BCUT2D eigenvalue weighted by Gasteiger charge is -2.24. The molecule has 2 atom stereocenters. The molecule has 2 unspecified atom stereocenters. The second-order valence-electron chi connectivity index (χ2n) is 13.1. The van der Waals surface area contributed by atoms with Crippen molar-refractivity contribution in [1.29, 1.82) is 0 Å². The van der Waals surface area contributed by atoms with Gasteiger partial charge < -0.3 is 35.2 Å². The normalized spacial score (nSPS) is 12.3. The van der Waals surface area contributed by atoms with Crippen molar-refractivity contribution in [2.24, 2.45) is 7.05 Å². The van der Waals surface area contributed by atoms with Crippen LogP contribution in [0.2, 0.25) is 0 Å². The lowest BCUT2D eigenvalue weighted by Crippen LogP contribution is -2.39. The number of benzene rings is 3. The van der Waals surface area contributed by atoms with Gasteiger partial charge in [-0.25, -0.2) is 14.0 Å². The van der Waals surface area contributed by atoms with Gasteiger partial charge in [-0.15, -0.1) is 0 Å². The van der Waals surface area contributed by atoms with Gasteiger partial charge in [0.05, 0.1) is 11.8 Å². The SMILES string of the molecule is CCNCCN(Cc1ccc(-c2ccc(C(F)(F)F)cc2)cc1)C(=O)Cn1cc(Cc2cnn(C)c2)c(=O)nc1SCc1ccc(F)cc1.O=C(O)C(O)C(O)C(=O)O. The molecule has 5 N–H and O–H groups in total. The van der Waals surface area contributed by atoms with Crippen LogP contribution in [0.3, 0.4) is 0 Å². The summed E-state index contributed by atoms with van der Waals surface area (Å²) in [5.41, 5.74) is 3.24. The van der Waals surface area contributed by atoms with E-state index in [1.54, 1.807) is 45.7 Å². The van der Waals surface area contributed by atoms with Crippen LogP contribution < -0.4 is 10.9 Å². The van der Waals surface area contributed by atoms with E-state index >= 15 is 0 Å². The predicted octanol–water partition coefficient (Wildman–Crippen LogP) is 4.20. The van der Waals surface area contributed by atoms with Gasteiger partial charge in [0, 0.05) is 56.8 Å². The Bertz CT molecular complexity index is 2220. The first-order valence-corrected chi connectivity index (χ1v) is 19.0. The fourth-order valence-corrected chi connectivity index (χ4v) is 6.37. The predicted molar refractivity (Wildman–Crippen MR) is 209 cm³/mol. The van der Waals surface area contributed by atoms with Crippen molar-refractivity contribution >= 4 is 29.6 Å². The molecule has 2 aromatic heterocycles. The Hall–Kier alpha value is -5.89. The third-order valence-corrected chi connectivity index (χ3v) is 9.67. The van der Waals surface area contributed by atoms with E-state index in [1.165, 1.54) is 36.0 Å². The summed E-state index contributed by atoms with van der Waals surface area (Å²) in [5.74, 6) is -3.66. The van der Waals surface area contributed by atoms with Gasteiger partial charge in [-0.1, -0.05) is 67.2 Å². The van der Waals surface area contributed by atoms with Gasteiger partial charge in [-0.05, 0) is 58.6 Å². The number of aryl methyl sites for hydroxylation is 1. The maximum absolute atomic E-state index is 13.9. The van der Waals surface area contributed by atoms with Crippen LogP contribution in [0.15, 0.2) is 101 Å². The number of hydrogen-bond donors (Lipinski definition) is 5. The molecule has 3 aromatic carbocycles. The maximum Gasteiger partial charge on any atom is 0.416 e. The first kappa shape index (κ1) is 45.8. The van der Waals surface area contributed by atoms with Crippen molar-refractivity contribution in [1.82, 2.24) is 29.5 Å². The van der Waals surface area contributed by atoms with Gasteiger partial charge in [0.2, 0.25) is 5.91 Å². The Morgan fingerprint density at radius 1 is 0.864 bits per heavy atom. The first-order valence-electron chi connectivity index (χ1n) is 18.0. The maximum atomic E-state index is 13.9. The van der Waals surface area contributed by atoms with Crippen molar-refractivity contribution in [3.63, 3.8) is 0 Å². The molecule has 19 heteroatoms. The van der Waals surface area contributed by atoms with Crippen LogP contribution in [0.5, 0.6) is 0 Å². The molecule has 0 spiro atoms. The zero-order chi connectivity index (χ0) is 43.3. The van der Waals surface area contributed by atoms with Gasteiger partial charge in [-0.3, -0.25) is 14.3 Å². The molecule has 0 fully saturated rings. The molecule has 0 radical (unpaired) electrons. The number of aliphatic hydroxyl groups excluding tert-OH is 2. The van der Waals surface area contributed by atoms with Gasteiger partial charge in [0.1, 0.15) is 12.4 Å². The monoisotopic (exact) mass is 842 g/mol. The third kappa shape index (κ3) is 13.9. The number of carbonyl (C=O) groups is 3. The van der Waals surface area contributed by atoms with Crippen molar-refractivity contribution in [3.8, 4) is 11.1 Å². The fraction of sp³-hybridized carbons (Fsp3) is 0.300. The quantitative estimate of drug-likeness (QED) is 0.0388. The molecule has 0 bridgehead atoms.